The molecule has 0 unspecified atom stereocenters. The van der Waals surface area contributed by atoms with E-state index in [1.54, 1.807) is 12.4 Å². The second-order valence-corrected chi connectivity index (χ2v) is 6.48. The van der Waals surface area contributed by atoms with E-state index in [9.17, 15) is 15.0 Å². The summed E-state index contributed by atoms with van der Waals surface area (Å²) in [6.07, 6.45) is 3.38. The summed E-state index contributed by atoms with van der Waals surface area (Å²) in [7, 11) is 0. The first kappa shape index (κ1) is 16.6. The maximum Gasteiger partial charge on any atom is 0.312 e. The van der Waals surface area contributed by atoms with Gasteiger partial charge >= 0.3 is 5.97 Å². The van der Waals surface area contributed by atoms with E-state index < -0.39 is 17.5 Å². The van der Waals surface area contributed by atoms with Gasteiger partial charge in [0.1, 0.15) is 5.41 Å². The number of rotatable bonds is 5. The molecule has 0 saturated carbocycles. The molecule has 2 aromatic rings. The van der Waals surface area contributed by atoms with Crippen LogP contribution in [0.25, 0.3) is 0 Å². The number of hydrogen-bond donors (Lipinski definition) is 2. The minimum absolute atomic E-state index is 0.355. The molecule has 1 fully saturated rings. The standard InChI is InChI=1S/C19H22N2O3/c22-17-14-21(13-16-6-9-20-10-7-16)11-8-19(17,18(23)24)12-15-4-2-1-3-5-15/h1-7,9-10,17,22H,8,11-14H2,(H,23,24)/t17-,19-/m1/s1. The fourth-order valence-corrected chi connectivity index (χ4v) is 3.42. The van der Waals surface area contributed by atoms with Crippen molar-refractivity contribution in [1.82, 2.24) is 9.88 Å². The number of carboxylic acids is 1. The lowest BCUT2D eigenvalue weighted by Crippen LogP contribution is -2.55. The number of piperidine rings is 1. The van der Waals surface area contributed by atoms with Gasteiger partial charge in [0.2, 0.25) is 0 Å². The van der Waals surface area contributed by atoms with E-state index in [-0.39, 0.29) is 0 Å². The van der Waals surface area contributed by atoms with Crippen LogP contribution in [0.3, 0.4) is 0 Å². The third kappa shape index (κ3) is 3.47. The van der Waals surface area contributed by atoms with Crippen molar-refractivity contribution in [2.75, 3.05) is 13.1 Å². The van der Waals surface area contributed by atoms with E-state index in [0.29, 0.717) is 32.5 Å². The summed E-state index contributed by atoms with van der Waals surface area (Å²) in [6, 6.07) is 13.4. The topological polar surface area (TPSA) is 73.7 Å². The van der Waals surface area contributed by atoms with Crippen molar-refractivity contribution in [2.24, 2.45) is 5.41 Å². The van der Waals surface area contributed by atoms with Gasteiger partial charge in [-0.15, -0.1) is 0 Å². The Balaban J connectivity index is 1.72. The van der Waals surface area contributed by atoms with Gasteiger partial charge in [0.25, 0.3) is 0 Å². The van der Waals surface area contributed by atoms with E-state index in [2.05, 4.69) is 9.88 Å². The molecule has 2 N–H and O–H groups in total. The van der Waals surface area contributed by atoms with Gasteiger partial charge < -0.3 is 10.2 Å². The smallest absolute Gasteiger partial charge is 0.312 e. The molecule has 1 aromatic heterocycles. The van der Waals surface area contributed by atoms with Crippen molar-refractivity contribution < 1.29 is 15.0 Å². The monoisotopic (exact) mass is 326 g/mol. The molecule has 2 heterocycles. The van der Waals surface area contributed by atoms with Gasteiger partial charge in [-0.2, -0.15) is 0 Å². The molecule has 1 aromatic carbocycles. The zero-order valence-electron chi connectivity index (χ0n) is 13.5. The number of carbonyl (C=O) groups is 1. The number of likely N-dealkylation sites (tertiary alicyclic amines) is 1. The van der Waals surface area contributed by atoms with Crippen LogP contribution in [0.15, 0.2) is 54.9 Å². The highest BCUT2D eigenvalue weighted by Crippen LogP contribution is 2.36. The van der Waals surface area contributed by atoms with Crippen LogP contribution in [0.1, 0.15) is 17.5 Å². The molecule has 0 bridgehead atoms. The van der Waals surface area contributed by atoms with Crippen LogP contribution in [0.5, 0.6) is 0 Å². The second-order valence-electron chi connectivity index (χ2n) is 6.48. The molecule has 1 aliphatic rings. The average molecular weight is 326 g/mol. The van der Waals surface area contributed by atoms with Crippen LogP contribution in [-0.4, -0.2) is 45.3 Å². The summed E-state index contributed by atoms with van der Waals surface area (Å²) in [4.78, 5) is 18.1. The highest BCUT2D eigenvalue weighted by molar-refractivity contribution is 5.76. The highest BCUT2D eigenvalue weighted by Gasteiger charge is 2.48. The zero-order valence-corrected chi connectivity index (χ0v) is 13.5. The minimum atomic E-state index is -1.11. The molecule has 2 atom stereocenters. The number of β-amino-alcohol motifs (C(OH)–C–C–N with tert-alkyl or cyclic N) is 1. The molecule has 3 rings (SSSR count). The molecular formula is C19H22N2O3. The first-order valence-electron chi connectivity index (χ1n) is 8.17. The number of aromatic nitrogens is 1. The second kappa shape index (κ2) is 7.11. The lowest BCUT2D eigenvalue weighted by atomic mass is 9.71. The van der Waals surface area contributed by atoms with E-state index >= 15 is 0 Å². The number of aliphatic hydroxyl groups is 1. The summed E-state index contributed by atoms with van der Waals surface area (Å²) >= 11 is 0. The summed E-state index contributed by atoms with van der Waals surface area (Å²) in [5.74, 6) is -0.914. The molecule has 0 radical (unpaired) electrons. The largest absolute Gasteiger partial charge is 0.481 e. The lowest BCUT2D eigenvalue weighted by Gasteiger charge is -2.43. The quantitative estimate of drug-likeness (QED) is 0.879. The van der Waals surface area contributed by atoms with Crippen molar-refractivity contribution in [2.45, 2.75) is 25.5 Å². The van der Waals surface area contributed by atoms with Crippen LogP contribution in [0.2, 0.25) is 0 Å². The summed E-state index contributed by atoms with van der Waals surface area (Å²) in [5.41, 5.74) is 0.945. The van der Waals surface area contributed by atoms with Crippen LogP contribution in [-0.2, 0) is 17.8 Å². The molecule has 126 valence electrons. The normalized spacial score (nSPS) is 24.6. The molecule has 24 heavy (non-hydrogen) atoms. The Hall–Kier alpha value is -2.24. The van der Waals surface area contributed by atoms with Crippen LogP contribution >= 0.6 is 0 Å². The SMILES string of the molecule is O=C(O)[C@@]1(Cc2ccccc2)CCN(Cc2ccncc2)C[C@H]1O. The first-order valence-corrected chi connectivity index (χ1v) is 8.17. The first-order chi connectivity index (χ1) is 11.6. The molecular weight excluding hydrogens is 304 g/mol. The van der Waals surface area contributed by atoms with E-state index in [0.717, 1.165) is 11.1 Å². The fraction of sp³-hybridized carbons (Fsp3) is 0.368. The Morgan fingerprint density at radius 1 is 1.17 bits per heavy atom. The third-order valence-electron chi connectivity index (χ3n) is 4.89. The number of nitrogens with zero attached hydrogens (tertiary/aromatic N) is 2. The number of carboxylic acid groups (broad SMARTS) is 1. The van der Waals surface area contributed by atoms with Crippen molar-refractivity contribution in [1.29, 1.82) is 0 Å². The van der Waals surface area contributed by atoms with Crippen LogP contribution in [0.4, 0.5) is 0 Å². The van der Waals surface area contributed by atoms with E-state index in [1.807, 2.05) is 42.5 Å². The summed E-state index contributed by atoms with van der Waals surface area (Å²) < 4.78 is 0. The molecule has 1 aliphatic heterocycles. The number of benzene rings is 1. The maximum absolute atomic E-state index is 12.0. The van der Waals surface area contributed by atoms with Crippen molar-refractivity contribution in [3.05, 3.63) is 66.0 Å². The minimum Gasteiger partial charge on any atom is -0.481 e. The predicted octanol–water partition coefficient (Wildman–Crippen LogP) is 1.96. The Morgan fingerprint density at radius 3 is 2.50 bits per heavy atom. The zero-order chi connectivity index (χ0) is 17.0. The van der Waals surface area contributed by atoms with Gasteiger partial charge in [0.15, 0.2) is 0 Å². The van der Waals surface area contributed by atoms with Gasteiger partial charge in [-0.3, -0.25) is 14.7 Å². The van der Waals surface area contributed by atoms with Gasteiger partial charge in [0.05, 0.1) is 6.10 Å². The number of aliphatic carboxylic acids is 1. The van der Waals surface area contributed by atoms with Gasteiger partial charge in [-0.1, -0.05) is 30.3 Å². The van der Waals surface area contributed by atoms with E-state index in [1.165, 1.54) is 0 Å². The summed E-state index contributed by atoms with van der Waals surface area (Å²) in [6.45, 7) is 1.71. The van der Waals surface area contributed by atoms with Crippen molar-refractivity contribution in [3.8, 4) is 0 Å². The molecule has 0 aliphatic carbocycles. The third-order valence-corrected chi connectivity index (χ3v) is 4.89. The Kier molecular flexibility index (Phi) is 4.92. The van der Waals surface area contributed by atoms with Crippen molar-refractivity contribution >= 4 is 5.97 Å². The van der Waals surface area contributed by atoms with Crippen LogP contribution in [0, 0.1) is 5.41 Å². The molecule has 0 amide bonds. The van der Waals surface area contributed by atoms with E-state index in [4.69, 9.17) is 0 Å². The summed E-state index contributed by atoms with van der Waals surface area (Å²) in [5, 5.41) is 20.5. The van der Waals surface area contributed by atoms with Gasteiger partial charge in [-0.05, 0) is 42.6 Å². The molecule has 5 heteroatoms. The van der Waals surface area contributed by atoms with Crippen LogP contribution < -0.4 is 0 Å². The maximum atomic E-state index is 12.0. The highest BCUT2D eigenvalue weighted by atomic mass is 16.4. The Bertz CT molecular complexity index is 678. The number of pyridine rings is 1. The molecule has 0 spiro atoms. The molecule has 5 nitrogen and oxygen atoms in total. The number of aliphatic hydroxyl groups excluding tert-OH is 1. The fourth-order valence-electron chi connectivity index (χ4n) is 3.42. The average Bonchev–Trinajstić information content (AvgIpc) is 2.59. The molecule has 1 saturated heterocycles. The van der Waals surface area contributed by atoms with Gasteiger partial charge in [-0.25, -0.2) is 0 Å². The Morgan fingerprint density at radius 2 is 1.88 bits per heavy atom. The van der Waals surface area contributed by atoms with Gasteiger partial charge in [0, 0.05) is 25.5 Å². The number of hydrogen-bond acceptors (Lipinski definition) is 4. The Labute approximate surface area is 141 Å². The lowest BCUT2D eigenvalue weighted by molar-refractivity contribution is -0.163. The predicted molar refractivity (Wildman–Crippen MR) is 90.4 cm³/mol. The van der Waals surface area contributed by atoms with Crippen molar-refractivity contribution in [3.63, 3.8) is 0 Å².